The van der Waals surface area contributed by atoms with Crippen LogP contribution in [0, 0.1) is 0 Å². The number of nitrogens with zero attached hydrogens (tertiary/aromatic N) is 1. The molecule has 0 aliphatic carbocycles. The van der Waals surface area contributed by atoms with Gasteiger partial charge in [-0.15, -0.1) is 0 Å². The molecular weight excluding hydrogens is 274 g/mol. The molecule has 114 valence electrons. The Morgan fingerprint density at radius 3 is 2.90 bits per heavy atom. The first-order valence-corrected chi connectivity index (χ1v) is 6.78. The Kier molecular flexibility index (Phi) is 5.30. The average molecular weight is 293 g/mol. The second kappa shape index (κ2) is 7.19. The maximum Gasteiger partial charge on any atom is 0.328 e. The number of methoxy groups -OCH3 is 1. The molecule has 1 fully saturated rings. The third-order valence-corrected chi connectivity index (χ3v) is 3.39. The maximum atomic E-state index is 12.3. The van der Waals surface area contributed by atoms with E-state index in [1.807, 2.05) is 24.3 Å². The molecule has 1 heterocycles. The molecule has 0 bridgehead atoms. The van der Waals surface area contributed by atoms with E-state index >= 15 is 0 Å². The zero-order valence-corrected chi connectivity index (χ0v) is 11.9. The first-order valence-electron chi connectivity index (χ1n) is 6.78. The molecule has 2 rings (SSSR count). The Hall–Kier alpha value is -1.92. The number of benzene rings is 1. The highest BCUT2D eigenvalue weighted by Gasteiger charge is 2.32. The van der Waals surface area contributed by atoms with Gasteiger partial charge >= 0.3 is 5.97 Å². The first kappa shape index (κ1) is 15.5. The van der Waals surface area contributed by atoms with Crippen LogP contribution in [0.1, 0.15) is 11.1 Å². The highest BCUT2D eigenvalue weighted by molar-refractivity contribution is 5.85. The third-order valence-electron chi connectivity index (χ3n) is 3.39. The Morgan fingerprint density at radius 1 is 1.43 bits per heavy atom. The van der Waals surface area contributed by atoms with E-state index in [-0.39, 0.29) is 18.9 Å². The van der Waals surface area contributed by atoms with Crippen LogP contribution in [0.25, 0.3) is 0 Å². The van der Waals surface area contributed by atoms with Crippen LogP contribution < -0.4 is 0 Å². The van der Waals surface area contributed by atoms with Crippen molar-refractivity contribution in [1.29, 1.82) is 0 Å². The molecule has 6 heteroatoms. The summed E-state index contributed by atoms with van der Waals surface area (Å²) in [7, 11) is 1.61. The highest BCUT2D eigenvalue weighted by Crippen LogP contribution is 2.12. The topological polar surface area (TPSA) is 76.1 Å². The van der Waals surface area contributed by atoms with Crippen molar-refractivity contribution in [3.8, 4) is 0 Å². The lowest BCUT2D eigenvalue weighted by molar-refractivity contribution is -0.158. The number of hydrogen-bond acceptors (Lipinski definition) is 4. The van der Waals surface area contributed by atoms with Crippen LogP contribution >= 0.6 is 0 Å². The van der Waals surface area contributed by atoms with Crippen molar-refractivity contribution >= 4 is 11.9 Å². The van der Waals surface area contributed by atoms with Gasteiger partial charge in [-0.3, -0.25) is 4.79 Å². The van der Waals surface area contributed by atoms with Gasteiger partial charge in [-0.25, -0.2) is 4.79 Å². The number of hydrogen-bond donors (Lipinski definition) is 1. The lowest BCUT2D eigenvalue weighted by Gasteiger charge is -2.33. The number of ether oxygens (including phenoxy) is 2. The second-order valence-corrected chi connectivity index (χ2v) is 4.95. The zero-order chi connectivity index (χ0) is 15.2. The van der Waals surface area contributed by atoms with Crippen LogP contribution in [0.4, 0.5) is 0 Å². The van der Waals surface area contributed by atoms with Crippen LogP contribution in [0.2, 0.25) is 0 Å². The molecule has 1 aromatic carbocycles. The molecule has 0 spiro atoms. The van der Waals surface area contributed by atoms with Gasteiger partial charge in [0.15, 0.2) is 6.04 Å². The van der Waals surface area contributed by atoms with Crippen molar-refractivity contribution in [3.05, 3.63) is 35.4 Å². The maximum absolute atomic E-state index is 12.3. The molecule has 6 nitrogen and oxygen atoms in total. The Morgan fingerprint density at radius 2 is 2.19 bits per heavy atom. The minimum absolute atomic E-state index is 0.0464. The molecule has 1 atom stereocenters. The van der Waals surface area contributed by atoms with E-state index in [1.165, 1.54) is 4.90 Å². The van der Waals surface area contributed by atoms with Gasteiger partial charge in [-0.05, 0) is 11.1 Å². The second-order valence-electron chi connectivity index (χ2n) is 4.95. The van der Waals surface area contributed by atoms with E-state index in [1.54, 1.807) is 7.11 Å². The van der Waals surface area contributed by atoms with Crippen LogP contribution in [0.15, 0.2) is 24.3 Å². The summed E-state index contributed by atoms with van der Waals surface area (Å²) in [4.78, 5) is 24.9. The number of carbonyl (C=O) groups is 2. The van der Waals surface area contributed by atoms with Crippen molar-refractivity contribution in [2.75, 3.05) is 26.9 Å². The Balaban J connectivity index is 2.05. The molecule has 0 saturated carbocycles. The van der Waals surface area contributed by atoms with Gasteiger partial charge in [0, 0.05) is 13.7 Å². The summed E-state index contributed by atoms with van der Waals surface area (Å²) in [6.45, 7) is 1.22. The normalized spacial score (nSPS) is 18.5. The minimum Gasteiger partial charge on any atom is -0.480 e. The van der Waals surface area contributed by atoms with E-state index in [9.17, 15) is 9.59 Å². The lowest BCUT2D eigenvalue weighted by Crippen LogP contribution is -2.53. The van der Waals surface area contributed by atoms with Crippen molar-refractivity contribution in [2.24, 2.45) is 0 Å². The van der Waals surface area contributed by atoms with Gasteiger partial charge in [-0.1, -0.05) is 24.3 Å². The Bertz CT molecular complexity index is 517. The fourth-order valence-corrected chi connectivity index (χ4v) is 2.38. The van der Waals surface area contributed by atoms with E-state index in [4.69, 9.17) is 14.6 Å². The Labute approximate surface area is 123 Å². The van der Waals surface area contributed by atoms with E-state index in [0.29, 0.717) is 19.8 Å². The molecule has 0 aromatic heterocycles. The number of morpholine rings is 1. The summed E-state index contributed by atoms with van der Waals surface area (Å²) in [6, 6.07) is 6.65. The molecule has 0 radical (unpaired) electrons. The van der Waals surface area contributed by atoms with Crippen LogP contribution in [0.3, 0.4) is 0 Å². The van der Waals surface area contributed by atoms with Gasteiger partial charge in [0.05, 0.1) is 26.2 Å². The van der Waals surface area contributed by atoms with Gasteiger partial charge in [0.1, 0.15) is 0 Å². The molecule has 21 heavy (non-hydrogen) atoms. The van der Waals surface area contributed by atoms with E-state index in [2.05, 4.69) is 0 Å². The van der Waals surface area contributed by atoms with Crippen molar-refractivity contribution in [2.45, 2.75) is 19.1 Å². The first-order chi connectivity index (χ1) is 10.1. The SMILES string of the molecule is COCc1cccc(CC(=O)N2CCOCC2C(=O)O)c1. The van der Waals surface area contributed by atoms with Gasteiger partial charge in [0.2, 0.25) is 5.91 Å². The fraction of sp³-hybridized carbons (Fsp3) is 0.467. The summed E-state index contributed by atoms with van der Waals surface area (Å²) in [5.41, 5.74) is 1.84. The standard InChI is InChI=1S/C15H19NO5/c1-20-9-12-4-2-3-11(7-12)8-14(17)16-5-6-21-10-13(16)15(18)19/h2-4,7,13H,5-6,8-10H2,1H3,(H,18,19). The number of aliphatic carboxylic acids is 1. The number of amides is 1. The monoisotopic (exact) mass is 293 g/mol. The molecule has 1 N–H and O–H groups in total. The quantitative estimate of drug-likeness (QED) is 0.864. The summed E-state index contributed by atoms with van der Waals surface area (Å²) in [5.74, 6) is -1.23. The summed E-state index contributed by atoms with van der Waals surface area (Å²) >= 11 is 0. The van der Waals surface area contributed by atoms with Gasteiger partial charge < -0.3 is 19.5 Å². The van der Waals surface area contributed by atoms with E-state index in [0.717, 1.165) is 11.1 Å². The summed E-state index contributed by atoms with van der Waals surface area (Å²) in [6.07, 6.45) is 0.182. The number of carboxylic acids is 1. The van der Waals surface area contributed by atoms with Crippen LogP contribution in [0.5, 0.6) is 0 Å². The summed E-state index contributed by atoms with van der Waals surface area (Å²) in [5, 5.41) is 9.15. The predicted molar refractivity (Wildman–Crippen MR) is 74.8 cm³/mol. The molecular formula is C15H19NO5. The molecule has 1 aliphatic heterocycles. The third kappa shape index (κ3) is 4.03. The van der Waals surface area contributed by atoms with Gasteiger partial charge in [-0.2, -0.15) is 0 Å². The van der Waals surface area contributed by atoms with Gasteiger partial charge in [0.25, 0.3) is 0 Å². The molecule has 1 aliphatic rings. The zero-order valence-electron chi connectivity index (χ0n) is 11.9. The smallest absolute Gasteiger partial charge is 0.328 e. The van der Waals surface area contributed by atoms with Crippen LogP contribution in [-0.2, 0) is 32.1 Å². The van der Waals surface area contributed by atoms with Crippen molar-refractivity contribution in [1.82, 2.24) is 4.90 Å². The molecule has 1 unspecified atom stereocenters. The average Bonchev–Trinajstić information content (AvgIpc) is 2.48. The lowest BCUT2D eigenvalue weighted by atomic mass is 10.1. The van der Waals surface area contributed by atoms with Crippen molar-refractivity contribution in [3.63, 3.8) is 0 Å². The number of rotatable bonds is 5. The fourth-order valence-electron chi connectivity index (χ4n) is 2.38. The van der Waals surface area contributed by atoms with E-state index < -0.39 is 12.0 Å². The molecule has 1 saturated heterocycles. The number of carboxylic acid groups (broad SMARTS) is 1. The predicted octanol–water partition coefficient (Wildman–Crippen LogP) is 0.687. The summed E-state index contributed by atoms with van der Waals surface area (Å²) < 4.78 is 10.2. The van der Waals surface area contributed by atoms with Crippen LogP contribution in [-0.4, -0.2) is 54.8 Å². The largest absolute Gasteiger partial charge is 0.480 e. The van der Waals surface area contributed by atoms with Crippen molar-refractivity contribution < 1.29 is 24.2 Å². The molecule has 1 aromatic rings. The molecule has 1 amide bonds. The number of carbonyl (C=O) groups excluding carboxylic acids is 1. The highest BCUT2D eigenvalue weighted by atomic mass is 16.5. The minimum atomic E-state index is -1.03.